The molecule has 2 unspecified atom stereocenters. The molecule has 1 aliphatic rings. The first kappa shape index (κ1) is 11.6. The number of urea groups is 1. The summed E-state index contributed by atoms with van der Waals surface area (Å²) in [7, 11) is 0. The van der Waals surface area contributed by atoms with E-state index in [9.17, 15) is 9.59 Å². The molecule has 0 bridgehead atoms. The Balaban J connectivity index is 2.25. The van der Waals surface area contributed by atoms with Crippen LogP contribution in [0.4, 0.5) is 4.79 Å². The predicted octanol–water partition coefficient (Wildman–Crippen LogP) is 0.627. The Hall–Kier alpha value is -1.88. The van der Waals surface area contributed by atoms with Crippen LogP contribution in [-0.2, 0) is 4.79 Å². The summed E-state index contributed by atoms with van der Waals surface area (Å²) >= 11 is 0. The molecule has 1 aromatic carbocycles. The molecule has 17 heavy (non-hydrogen) atoms. The molecule has 0 spiro atoms. The van der Waals surface area contributed by atoms with Gasteiger partial charge in [0.15, 0.2) is 0 Å². The Kier molecular flexibility index (Phi) is 3.10. The van der Waals surface area contributed by atoms with Crippen LogP contribution in [-0.4, -0.2) is 29.4 Å². The third kappa shape index (κ3) is 2.01. The van der Waals surface area contributed by atoms with E-state index in [-0.39, 0.29) is 24.5 Å². The number of benzene rings is 1. The molecule has 1 aromatic rings. The van der Waals surface area contributed by atoms with Crippen molar-refractivity contribution in [1.82, 2.24) is 10.2 Å². The second kappa shape index (κ2) is 4.55. The fourth-order valence-electron chi connectivity index (χ4n) is 1.89. The van der Waals surface area contributed by atoms with Crippen molar-refractivity contribution in [2.75, 3.05) is 6.54 Å². The topological polar surface area (TPSA) is 75.4 Å². The molecule has 0 aromatic heterocycles. The zero-order valence-corrected chi connectivity index (χ0v) is 9.59. The number of carbonyl (C=O) groups is 2. The molecule has 0 aliphatic carbocycles. The van der Waals surface area contributed by atoms with Crippen molar-refractivity contribution < 1.29 is 9.59 Å². The van der Waals surface area contributed by atoms with Gasteiger partial charge in [-0.05, 0) is 12.5 Å². The number of imide groups is 1. The van der Waals surface area contributed by atoms with Gasteiger partial charge in [-0.2, -0.15) is 0 Å². The summed E-state index contributed by atoms with van der Waals surface area (Å²) in [5.41, 5.74) is 6.28. The van der Waals surface area contributed by atoms with Gasteiger partial charge in [-0.1, -0.05) is 30.3 Å². The number of carbonyl (C=O) groups excluding carboxylic acids is 2. The molecule has 3 amide bonds. The lowest BCUT2D eigenvalue weighted by Gasteiger charge is -2.19. The highest BCUT2D eigenvalue weighted by molar-refractivity contribution is 6.04. The molecule has 1 heterocycles. The van der Waals surface area contributed by atoms with Crippen LogP contribution in [0.5, 0.6) is 0 Å². The van der Waals surface area contributed by atoms with Gasteiger partial charge in [0.2, 0.25) is 0 Å². The summed E-state index contributed by atoms with van der Waals surface area (Å²) in [5.74, 6) is -0.237. The third-order valence-corrected chi connectivity index (χ3v) is 2.89. The summed E-state index contributed by atoms with van der Waals surface area (Å²) in [6, 6.07) is 7.94. The van der Waals surface area contributed by atoms with Gasteiger partial charge in [0, 0.05) is 6.54 Å². The van der Waals surface area contributed by atoms with Crippen molar-refractivity contribution in [3.63, 3.8) is 0 Å². The second-order valence-corrected chi connectivity index (χ2v) is 4.09. The van der Waals surface area contributed by atoms with Crippen molar-refractivity contribution in [2.24, 2.45) is 5.73 Å². The van der Waals surface area contributed by atoms with E-state index in [2.05, 4.69) is 5.32 Å². The summed E-state index contributed by atoms with van der Waals surface area (Å²) in [6.45, 7) is 2.02. The van der Waals surface area contributed by atoms with Crippen LogP contribution in [0.2, 0.25) is 0 Å². The number of rotatable bonds is 3. The molecule has 1 aliphatic heterocycles. The van der Waals surface area contributed by atoms with Crippen LogP contribution < -0.4 is 11.1 Å². The molecule has 3 N–H and O–H groups in total. The molecular weight excluding hydrogens is 218 g/mol. The van der Waals surface area contributed by atoms with E-state index in [1.807, 2.05) is 30.3 Å². The van der Waals surface area contributed by atoms with Crippen LogP contribution in [0, 0.1) is 0 Å². The maximum Gasteiger partial charge on any atom is 0.325 e. The molecule has 5 heteroatoms. The highest BCUT2D eigenvalue weighted by Crippen LogP contribution is 2.22. The Morgan fingerprint density at radius 1 is 1.35 bits per heavy atom. The zero-order chi connectivity index (χ0) is 12.4. The summed E-state index contributed by atoms with van der Waals surface area (Å²) < 4.78 is 0. The summed E-state index contributed by atoms with van der Waals surface area (Å²) in [5, 5.41) is 2.67. The number of hydrogen-bond donors (Lipinski definition) is 2. The highest BCUT2D eigenvalue weighted by Gasteiger charge is 2.40. The molecule has 90 valence electrons. The van der Waals surface area contributed by atoms with Gasteiger partial charge >= 0.3 is 6.03 Å². The largest absolute Gasteiger partial charge is 0.328 e. The van der Waals surface area contributed by atoms with Gasteiger partial charge in [0.25, 0.3) is 5.91 Å². The van der Waals surface area contributed by atoms with Gasteiger partial charge < -0.3 is 11.1 Å². The maximum atomic E-state index is 12.1. The van der Waals surface area contributed by atoms with E-state index in [1.54, 1.807) is 6.92 Å². The Labute approximate surface area is 99.6 Å². The smallest absolute Gasteiger partial charge is 0.325 e. The zero-order valence-electron chi connectivity index (χ0n) is 9.59. The van der Waals surface area contributed by atoms with Crippen LogP contribution >= 0.6 is 0 Å². The Bertz CT molecular complexity index is 433. The van der Waals surface area contributed by atoms with Crippen LogP contribution in [0.3, 0.4) is 0 Å². The first-order chi connectivity index (χ1) is 8.15. The third-order valence-electron chi connectivity index (χ3n) is 2.89. The molecule has 1 saturated heterocycles. The van der Waals surface area contributed by atoms with Gasteiger partial charge in [0.05, 0.1) is 6.04 Å². The maximum absolute atomic E-state index is 12.1. The molecule has 0 saturated carbocycles. The normalized spacial score (nSPS) is 21.5. The minimum Gasteiger partial charge on any atom is -0.328 e. The quantitative estimate of drug-likeness (QED) is 0.752. The van der Waals surface area contributed by atoms with E-state index in [0.29, 0.717) is 0 Å². The first-order valence-electron chi connectivity index (χ1n) is 5.53. The Morgan fingerprint density at radius 2 is 2.00 bits per heavy atom. The minimum atomic E-state index is -0.585. The molecule has 2 rings (SSSR count). The molecule has 1 fully saturated rings. The van der Waals surface area contributed by atoms with Crippen LogP contribution in [0.15, 0.2) is 30.3 Å². The molecule has 2 atom stereocenters. The minimum absolute atomic E-state index is 0.237. The van der Waals surface area contributed by atoms with Gasteiger partial charge in [-0.25, -0.2) is 4.79 Å². The van der Waals surface area contributed by atoms with Gasteiger partial charge in [-0.3, -0.25) is 9.69 Å². The van der Waals surface area contributed by atoms with Crippen molar-refractivity contribution >= 4 is 11.9 Å². The number of nitrogens with two attached hydrogens (primary N) is 1. The molecule has 5 nitrogen and oxygen atoms in total. The fraction of sp³-hybridized carbons (Fsp3) is 0.333. The van der Waals surface area contributed by atoms with Crippen molar-refractivity contribution in [1.29, 1.82) is 0 Å². The number of amides is 3. The fourth-order valence-corrected chi connectivity index (χ4v) is 1.89. The molecular formula is C12H15N3O2. The number of nitrogens with zero attached hydrogens (tertiary/aromatic N) is 1. The van der Waals surface area contributed by atoms with Crippen molar-refractivity contribution in [2.45, 2.75) is 19.0 Å². The lowest BCUT2D eigenvalue weighted by Crippen LogP contribution is -2.42. The lowest BCUT2D eigenvalue weighted by molar-refractivity contribution is -0.128. The predicted molar refractivity (Wildman–Crippen MR) is 63.1 cm³/mol. The first-order valence-corrected chi connectivity index (χ1v) is 5.53. The highest BCUT2D eigenvalue weighted by atomic mass is 16.2. The monoisotopic (exact) mass is 233 g/mol. The number of nitrogens with one attached hydrogen (secondary N) is 1. The SMILES string of the molecule is CC(CN)N1C(=O)NC(c2ccccc2)C1=O. The Morgan fingerprint density at radius 3 is 2.59 bits per heavy atom. The standard InChI is InChI=1S/C12H15N3O2/c1-8(7-13)15-11(16)10(14-12(15)17)9-5-3-2-4-6-9/h2-6,8,10H,7,13H2,1H3,(H,14,17). The summed E-state index contributed by atoms with van der Waals surface area (Å²) in [4.78, 5) is 25.0. The van der Waals surface area contributed by atoms with E-state index >= 15 is 0 Å². The average molecular weight is 233 g/mol. The van der Waals surface area contributed by atoms with E-state index in [1.165, 1.54) is 4.90 Å². The van der Waals surface area contributed by atoms with Gasteiger partial charge in [0.1, 0.15) is 6.04 Å². The molecule has 0 radical (unpaired) electrons. The van der Waals surface area contributed by atoms with E-state index in [0.717, 1.165) is 5.56 Å². The second-order valence-electron chi connectivity index (χ2n) is 4.09. The van der Waals surface area contributed by atoms with E-state index in [4.69, 9.17) is 5.73 Å². The summed E-state index contributed by atoms with van der Waals surface area (Å²) in [6.07, 6.45) is 0. The van der Waals surface area contributed by atoms with Crippen LogP contribution in [0.25, 0.3) is 0 Å². The van der Waals surface area contributed by atoms with Crippen molar-refractivity contribution in [3.8, 4) is 0 Å². The van der Waals surface area contributed by atoms with E-state index < -0.39 is 6.04 Å². The van der Waals surface area contributed by atoms with Gasteiger partial charge in [-0.15, -0.1) is 0 Å². The van der Waals surface area contributed by atoms with Crippen molar-refractivity contribution in [3.05, 3.63) is 35.9 Å². The average Bonchev–Trinajstić information content (AvgIpc) is 2.65. The lowest BCUT2D eigenvalue weighted by atomic mass is 10.1. The number of hydrogen-bond acceptors (Lipinski definition) is 3. The van der Waals surface area contributed by atoms with Crippen LogP contribution in [0.1, 0.15) is 18.5 Å².